The fourth-order valence-corrected chi connectivity index (χ4v) is 3.25. The molecule has 0 bridgehead atoms. The third kappa shape index (κ3) is 3.79. The second-order valence-electron chi connectivity index (χ2n) is 7.07. The Morgan fingerprint density at radius 1 is 1.04 bits per heavy atom. The zero-order valence-corrected chi connectivity index (χ0v) is 16.9. The molecule has 5 heteroatoms. The quantitative estimate of drug-likeness (QED) is 0.472. The van der Waals surface area contributed by atoms with E-state index in [-0.39, 0.29) is 12.4 Å². The molecule has 5 nitrogen and oxygen atoms in total. The lowest BCUT2D eigenvalue weighted by atomic mass is 9.98. The second kappa shape index (κ2) is 7.89. The summed E-state index contributed by atoms with van der Waals surface area (Å²) < 4.78 is 12.5. The number of Topliss-reactive ketones (excluding diaryl/α,β-unsaturated/α-hetero) is 1. The third-order valence-electron chi connectivity index (χ3n) is 5.35. The summed E-state index contributed by atoms with van der Waals surface area (Å²) in [5, 5.41) is 2.05. The van der Waals surface area contributed by atoms with Gasteiger partial charge in [-0.05, 0) is 55.3 Å². The van der Waals surface area contributed by atoms with Gasteiger partial charge in [-0.2, -0.15) is 0 Å². The number of rotatable bonds is 6. The Labute approximate surface area is 164 Å². The number of ketones is 1. The molecule has 3 rings (SSSR count). The van der Waals surface area contributed by atoms with Crippen molar-refractivity contribution in [3.05, 3.63) is 65.0 Å². The maximum Gasteiger partial charge on any atom is 0.313 e. The first kappa shape index (κ1) is 19.7. The zero-order chi connectivity index (χ0) is 20.4. The van der Waals surface area contributed by atoms with Crippen molar-refractivity contribution < 1.29 is 19.1 Å². The monoisotopic (exact) mass is 379 g/mol. The van der Waals surface area contributed by atoms with Crippen LogP contribution >= 0.6 is 0 Å². The van der Waals surface area contributed by atoms with Gasteiger partial charge >= 0.3 is 5.97 Å². The predicted molar refractivity (Wildman–Crippen MR) is 109 cm³/mol. The molecule has 0 N–H and O–H groups in total. The summed E-state index contributed by atoms with van der Waals surface area (Å²) in [4.78, 5) is 24.9. The highest BCUT2D eigenvalue weighted by molar-refractivity contribution is 5.99. The molecule has 1 aromatic heterocycles. The van der Waals surface area contributed by atoms with Crippen molar-refractivity contribution in [2.75, 3.05) is 13.7 Å². The number of esters is 1. The molecule has 0 saturated carbocycles. The molecule has 28 heavy (non-hydrogen) atoms. The SMILES string of the molecule is COc1ccc2cc([C@H](C)C(=O)OCC(=O)c3cc(C)n(C)c3C)ccc2c1. The van der Waals surface area contributed by atoms with E-state index in [4.69, 9.17) is 9.47 Å². The lowest BCUT2D eigenvalue weighted by molar-refractivity contribution is -0.143. The van der Waals surface area contributed by atoms with Gasteiger partial charge in [0, 0.05) is 24.0 Å². The van der Waals surface area contributed by atoms with Crippen LogP contribution in [0.3, 0.4) is 0 Å². The first-order chi connectivity index (χ1) is 13.3. The Morgan fingerprint density at radius 2 is 1.71 bits per heavy atom. The Kier molecular flexibility index (Phi) is 5.54. The molecule has 0 aliphatic heterocycles. The van der Waals surface area contributed by atoms with Gasteiger partial charge in [-0.3, -0.25) is 9.59 Å². The Morgan fingerprint density at radius 3 is 2.36 bits per heavy atom. The average Bonchev–Trinajstić information content (AvgIpc) is 2.97. The van der Waals surface area contributed by atoms with E-state index in [2.05, 4.69) is 0 Å². The minimum Gasteiger partial charge on any atom is -0.497 e. The molecule has 0 aliphatic rings. The zero-order valence-electron chi connectivity index (χ0n) is 16.9. The van der Waals surface area contributed by atoms with Gasteiger partial charge in [0.1, 0.15) is 5.75 Å². The minimum absolute atomic E-state index is 0.188. The summed E-state index contributed by atoms with van der Waals surface area (Å²) in [7, 11) is 3.54. The number of methoxy groups -OCH3 is 1. The number of carbonyl (C=O) groups excluding carboxylic acids is 2. The van der Waals surface area contributed by atoms with E-state index in [1.54, 1.807) is 14.0 Å². The summed E-state index contributed by atoms with van der Waals surface area (Å²) in [5.74, 6) is -0.269. The second-order valence-corrected chi connectivity index (χ2v) is 7.07. The molecule has 3 aromatic rings. The summed E-state index contributed by atoms with van der Waals surface area (Å²) in [5.41, 5.74) is 3.31. The van der Waals surface area contributed by atoms with Crippen LogP contribution in [-0.4, -0.2) is 30.0 Å². The highest BCUT2D eigenvalue weighted by Gasteiger charge is 2.20. The number of nitrogens with zero attached hydrogens (tertiary/aromatic N) is 1. The van der Waals surface area contributed by atoms with Crippen LogP contribution < -0.4 is 4.74 Å². The van der Waals surface area contributed by atoms with Crippen LogP contribution in [-0.2, 0) is 16.6 Å². The van der Waals surface area contributed by atoms with E-state index < -0.39 is 11.9 Å². The molecule has 0 amide bonds. The number of hydrogen-bond donors (Lipinski definition) is 0. The molecule has 0 aliphatic carbocycles. The standard InChI is InChI=1S/C23H25NO4/c1-14-10-21(16(3)24(14)4)22(25)13-28-23(26)15(2)17-6-7-19-12-20(27-5)9-8-18(19)11-17/h6-12,15H,13H2,1-5H3/t15-/m0/s1. The summed E-state index contributed by atoms with van der Waals surface area (Å²) in [6.45, 7) is 5.36. The maximum atomic E-state index is 12.5. The molecule has 1 atom stereocenters. The number of benzene rings is 2. The highest BCUT2D eigenvalue weighted by atomic mass is 16.5. The van der Waals surface area contributed by atoms with Gasteiger partial charge in [0.2, 0.25) is 5.78 Å². The van der Waals surface area contributed by atoms with Gasteiger partial charge in [-0.1, -0.05) is 24.3 Å². The molecular formula is C23H25NO4. The molecular weight excluding hydrogens is 354 g/mol. The third-order valence-corrected chi connectivity index (χ3v) is 5.35. The lowest BCUT2D eigenvalue weighted by Gasteiger charge is -2.13. The smallest absolute Gasteiger partial charge is 0.313 e. The summed E-state index contributed by atoms with van der Waals surface area (Å²) in [6, 6.07) is 13.4. The molecule has 2 aromatic carbocycles. The largest absolute Gasteiger partial charge is 0.497 e. The summed E-state index contributed by atoms with van der Waals surface area (Å²) in [6.07, 6.45) is 0. The van der Waals surface area contributed by atoms with Crippen LogP contribution in [0.5, 0.6) is 5.75 Å². The van der Waals surface area contributed by atoms with Gasteiger partial charge in [-0.25, -0.2) is 0 Å². The molecule has 0 spiro atoms. The van der Waals surface area contributed by atoms with Gasteiger partial charge in [0.15, 0.2) is 6.61 Å². The topological polar surface area (TPSA) is 57.5 Å². The van der Waals surface area contributed by atoms with Crippen molar-refractivity contribution in [1.29, 1.82) is 0 Å². The number of carbonyl (C=O) groups is 2. The van der Waals surface area contributed by atoms with E-state index >= 15 is 0 Å². The number of aryl methyl sites for hydroxylation is 1. The van der Waals surface area contributed by atoms with Gasteiger partial charge in [0.25, 0.3) is 0 Å². The van der Waals surface area contributed by atoms with Crippen LogP contribution in [0.1, 0.15) is 40.2 Å². The van der Waals surface area contributed by atoms with Gasteiger partial charge in [0.05, 0.1) is 13.0 Å². The maximum absolute atomic E-state index is 12.5. The van der Waals surface area contributed by atoms with Crippen molar-refractivity contribution in [3.63, 3.8) is 0 Å². The van der Waals surface area contributed by atoms with E-state index in [1.807, 2.05) is 67.9 Å². The van der Waals surface area contributed by atoms with Crippen LogP contribution in [0, 0.1) is 13.8 Å². The molecule has 0 unspecified atom stereocenters. The van der Waals surface area contributed by atoms with E-state index in [0.29, 0.717) is 5.56 Å². The van der Waals surface area contributed by atoms with Crippen LogP contribution in [0.25, 0.3) is 10.8 Å². The number of aromatic nitrogens is 1. The Hall–Kier alpha value is -3.08. The average molecular weight is 379 g/mol. The van der Waals surface area contributed by atoms with Crippen LogP contribution in [0.2, 0.25) is 0 Å². The summed E-state index contributed by atoms with van der Waals surface area (Å²) >= 11 is 0. The fraction of sp³-hybridized carbons (Fsp3) is 0.304. The van der Waals surface area contributed by atoms with Crippen molar-refractivity contribution in [2.24, 2.45) is 7.05 Å². The number of fused-ring (bicyclic) bond motifs is 1. The highest BCUT2D eigenvalue weighted by Crippen LogP contribution is 2.26. The molecule has 146 valence electrons. The van der Waals surface area contributed by atoms with Crippen molar-refractivity contribution in [2.45, 2.75) is 26.7 Å². The fourth-order valence-electron chi connectivity index (χ4n) is 3.25. The van der Waals surface area contributed by atoms with Crippen molar-refractivity contribution >= 4 is 22.5 Å². The Balaban J connectivity index is 1.69. The first-order valence-electron chi connectivity index (χ1n) is 9.22. The van der Waals surface area contributed by atoms with Gasteiger partial charge < -0.3 is 14.0 Å². The predicted octanol–water partition coefficient (Wildman–Crippen LogP) is 4.33. The van der Waals surface area contributed by atoms with E-state index in [0.717, 1.165) is 33.5 Å². The molecule has 0 radical (unpaired) electrons. The van der Waals surface area contributed by atoms with Gasteiger partial charge in [-0.15, -0.1) is 0 Å². The van der Waals surface area contributed by atoms with E-state index in [9.17, 15) is 9.59 Å². The van der Waals surface area contributed by atoms with Crippen molar-refractivity contribution in [3.8, 4) is 5.75 Å². The van der Waals surface area contributed by atoms with E-state index in [1.165, 1.54) is 0 Å². The minimum atomic E-state index is -0.460. The number of ether oxygens (including phenoxy) is 2. The molecule has 1 heterocycles. The normalized spacial score (nSPS) is 12.0. The Bertz CT molecular complexity index is 1050. The first-order valence-corrected chi connectivity index (χ1v) is 9.22. The lowest BCUT2D eigenvalue weighted by Crippen LogP contribution is -2.19. The van der Waals surface area contributed by atoms with Crippen LogP contribution in [0.15, 0.2) is 42.5 Å². The number of hydrogen-bond acceptors (Lipinski definition) is 4. The van der Waals surface area contributed by atoms with Crippen LogP contribution in [0.4, 0.5) is 0 Å². The van der Waals surface area contributed by atoms with Crippen molar-refractivity contribution in [1.82, 2.24) is 4.57 Å². The molecule has 0 fully saturated rings. The molecule has 0 saturated heterocycles.